The molecule has 0 rings (SSSR count). The lowest BCUT2D eigenvalue weighted by atomic mass is 10.1. The lowest BCUT2D eigenvalue weighted by Gasteiger charge is -2.09. The maximum Gasteiger partial charge on any atom is 0.159 e. The fourth-order valence-electron chi connectivity index (χ4n) is 2.67. The van der Waals surface area contributed by atoms with Gasteiger partial charge in [0.25, 0.3) is 0 Å². The van der Waals surface area contributed by atoms with Gasteiger partial charge in [-0.2, -0.15) is 0 Å². The third kappa shape index (κ3) is 19.9. The van der Waals surface area contributed by atoms with Gasteiger partial charge in [0.1, 0.15) is 0 Å². The standard InChI is InChI=1S/C21H40O2S2/c1-3-5-7-9-11-13-16-20(24)22-18-15-19-23-21(25)17-14-12-10-8-6-4-2/h3-19H2,1-2H3. The molecule has 0 N–H and O–H groups in total. The number of ether oxygens (including phenoxy) is 2. The Kier molecular flexibility index (Phi) is 19.9. The predicted molar refractivity (Wildman–Crippen MR) is 118 cm³/mol. The Labute approximate surface area is 167 Å². The summed E-state index contributed by atoms with van der Waals surface area (Å²) in [6, 6.07) is 0. The van der Waals surface area contributed by atoms with Crippen LogP contribution >= 0.6 is 24.4 Å². The number of thiocarbonyl (C=S) groups is 2. The van der Waals surface area contributed by atoms with Crippen LogP contribution in [0.25, 0.3) is 0 Å². The van der Waals surface area contributed by atoms with Gasteiger partial charge in [-0.1, -0.05) is 78.1 Å². The van der Waals surface area contributed by atoms with E-state index in [1.807, 2.05) is 0 Å². The van der Waals surface area contributed by atoms with Crippen molar-refractivity contribution in [1.29, 1.82) is 0 Å². The van der Waals surface area contributed by atoms with Gasteiger partial charge >= 0.3 is 0 Å². The molecular formula is C21H40O2S2. The van der Waals surface area contributed by atoms with E-state index in [1.54, 1.807) is 0 Å². The Bertz CT molecular complexity index is 289. The number of hydrogen-bond donors (Lipinski definition) is 0. The quantitative estimate of drug-likeness (QED) is 0.178. The second-order valence-electron chi connectivity index (χ2n) is 6.83. The summed E-state index contributed by atoms with van der Waals surface area (Å²) in [5.74, 6) is 0. The summed E-state index contributed by atoms with van der Waals surface area (Å²) in [7, 11) is 0. The van der Waals surface area contributed by atoms with Crippen molar-refractivity contribution in [1.82, 2.24) is 0 Å². The molecule has 0 aromatic carbocycles. The van der Waals surface area contributed by atoms with Gasteiger partial charge in [-0.3, -0.25) is 0 Å². The third-order valence-corrected chi connectivity index (χ3v) is 4.93. The first-order valence-electron chi connectivity index (χ1n) is 10.5. The normalized spacial score (nSPS) is 10.6. The third-order valence-electron chi connectivity index (χ3n) is 4.28. The number of unbranched alkanes of at least 4 members (excludes halogenated alkanes) is 10. The zero-order chi connectivity index (χ0) is 18.6. The van der Waals surface area contributed by atoms with Gasteiger partial charge in [-0.15, -0.1) is 0 Å². The molecule has 0 aromatic rings. The van der Waals surface area contributed by atoms with E-state index in [0.29, 0.717) is 13.2 Å². The van der Waals surface area contributed by atoms with E-state index < -0.39 is 0 Å². The van der Waals surface area contributed by atoms with Gasteiger partial charge in [0, 0.05) is 19.3 Å². The molecule has 0 unspecified atom stereocenters. The van der Waals surface area contributed by atoms with Crippen molar-refractivity contribution in [2.24, 2.45) is 0 Å². The van der Waals surface area contributed by atoms with Gasteiger partial charge < -0.3 is 9.47 Å². The first kappa shape index (κ1) is 24.8. The molecule has 0 bridgehead atoms. The van der Waals surface area contributed by atoms with Crippen LogP contribution in [0.3, 0.4) is 0 Å². The van der Waals surface area contributed by atoms with E-state index in [2.05, 4.69) is 13.8 Å². The molecule has 0 aliphatic rings. The second-order valence-corrected chi connectivity index (χ2v) is 7.74. The van der Waals surface area contributed by atoms with Gasteiger partial charge in [0.15, 0.2) is 10.1 Å². The summed E-state index contributed by atoms with van der Waals surface area (Å²) in [6.45, 7) is 5.78. The van der Waals surface area contributed by atoms with Crippen LogP contribution in [0.2, 0.25) is 0 Å². The van der Waals surface area contributed by atoms with Crippen molar-refractivity contribution in [3.05, 3.63) is 0 Å². The van der Waals surface area contributed by atoms with Crippen LogP contribution < -0.4 is 0 Å². The Balaban J connectivity index is 3.30. The van der Waals surface area contributed by atoms with Gasteiger partial charge in [0.2, 0.25) is 0 Å². The molecule has 0 aliphatic heterocycles. The van der Waals surface area contributed by atoms with Crippen molar-refractivity contribution in [3.8, 4) is 0 Å². The number of hydrogen-bond acceptors (Lipinski definition) is 4. The summed E-state index contributed by atoms with van der Waals surface area (Å²) in [4.78, 5) is 0. The lowest BCUT2D eigenvalue weighted by molar-refractivity contribution is 0.233. The fourth-order valence-corrected chi connectivity index (χ4v) is 3.13. The molecule has 148 valence electrons. The van der Waals surface area contributed by atoms with Crippen LogP contribution in [-0.2, 0) is 9.47 Å². The molecule has 0 aliphatic carbocycles. The first-order valence-corrected chi connectivity index (χ1v) is 11.3. The first-order chi connectivity index (χ1) is 12.2. The van der Waals surface area contributed by atoms with Crippen LogP contribution in [0, 0.1) is 0 Å². The van der Waals surface area contributed by atoms with Gasteiger partial charge in [-0.05, 0) is 37.3 Å². The van der Waals surface area contributed by atoms with E-state index in [4.69, 9.17) is 33.9 Å². The molecule has 4 heteroatoms. The summed E-state index contributed by atoms with van der Waals surface area (Å²) < 4.78 is 11.2. The van der Waals surface area contributed by atoms with Gasteiger partial charge in [-0.25, -0.2) is 0 Å². The Morgan fingerprint density at radius 3 is 1.28 bits per heavy atom. The highest BCUT2D eigenvalue weighted by Crippen LogP contribution is 2.09. The van der Waals surface area contributed by atoms with Crippen LogP contribution in [-0.4, -0.2) is 23.3 Å². The molecule has 0 aromatic heterocycles. The zero-order valence-corrected chi connectivity index (χ0v) is 18.3. The fraction of sp³-hybridized carbons (Fsp3) is 0.905. The molecule has 0 heterocycles. The molecule has 0 fully saturated rings. The maximum atomic E-state index is 5.60. The highest BCUT2D eigenvalue weighted by Gasteiger charge is 2.01. The molecule has 0 radical (unpaired) electrons. The van der Waals surface area contributed by atoms with Crippen molar-refractivity contribution >= 4 is 34.5 Å². The van der Waals surface area contributed by atoms with Crippen molar-refractivity contribution in [3.63, 3.8) is 0 Å². The molecule has 0 amide bonds. The average molecular weight is 389 g/mol. The summed E-state index contributed by atoms with van der Waals surface area (Å²) in [5, 5.41) is 1.51. The molecular weight excluding hydrogens is 348 g/mol. The summed E-state index contributed by atoms with van der Waals surface area (Å²) in [5.41, 5.74) is 0. The minimum Gasteiger partial charge on any atom is -0.487 e. The topological polar surface area (TPSA) is 18.5 Å². The van der Waals surface area contributed by atoms with Crippen LogP contribution in [0.15, 0.2) is 0 Å². The minimum atomic E-state index is 0.647. The van der Waals surface area contributed by atoms with E-state index in [-0.39, 0.29) is 0 Å². The van der Waals surface area contributed by atoms with Crippen LogP contribution in [0.4, 0.5) is 0 Å². The largest absolute Gasteiger partial charge is 0.487 e. The minimum absolute atomic E-state index is 0.647. The van der Waals surface area contributed by atoms with Crippen LogP contribution in [0.1, 0.15) is 110 Å². The van der Waals surface area contributed by atoms with Crippen LogP contribution in [0.5, 0.6) is 0 Å². The summed E-state index contributed by atoms with van der Waals surface area (Å²) >= 11 is 10.5. The monoisotopic (exact) mass is 388 g/mol. The maximum absolute atomic E-state index is 5.60. The Hall–Kier alpha value is -0.220. The average Bonchev–Trinajstić information content (AvgIpc) is 2.60. The SMILES string of the molecule is CCCCCCCCC(=S)OCCCOC(=S)CCCCCCCC. The van der Waals surface area contributed by atoms with E-state index in [0.717, 1.165) is 42.2 Å². The zero-order valence-electron chi connectivity index (χ0n) is 16.7. The van der Waals surface area contributed by atoms with E-state index >= 15 is 0 Å². The van der Waals surface area contributed by atoms with Crippen molar-refractivity contribution < 1.29 is 9.47 Å². The smallest absolute Gasteiger partial charge is 0.159 e. The summed E-state index contributed by atoms with van der Waals surface area (Å²) in [6.07, 6.45) is 18.1. The van der Waals surface area contributed by atoms with Crippen molar-refractivity contribution in [2.45, 2.75) is 110 Å². The highest BCUT2D eigenvalue weighted by atomic mass is 32.1. The molecule has 0 saturated heterocycles. The molecule has 0 saturated carbocycles. The molecule has 0 spiro atoms. The predicted octanol–water partition coefficient (Wildman–Crippen LogP) is 7.57. The highest BCUT2D eigenvalue weighted by molar-refractivity contribution is 7.80. The van der Waals surface area contributed by atoms with E-state index in [1.165, 1.54) is 64.2 Å². The van der Waals surface area contributed by atoms with E-state index in [9.17, 15) is 0 Å². The molecule has 2 nitrogen and oxygen atoms in total. The lowest BCUT2D eigenvalue weighted by Crippen LogP contribution is -2.08. The number of rotatable bonds is 18. The van der Waals surface area contributed by atoms with Gasteiger partial charge in [0.05, 0.1) is 13.2 Å². The Morgan fingerprint density at radius 1 is 0.520 bits per heavy atom. The molecule has 0 atom stereocenters. The second kappa shape index (κ2) is 20.1. The molecule has 25 heavy (non-hydrogen) atoms. The van der Waals surface area contributed by atoms with Crippen molar-refractivity contribution in [2.75, 3.05) is 13.2 Å². The Morgan fingerprint density at radius 2 is 0.880 bits per heavy atom.